The van der Waals surface area contributed by atoms with Gasteiger partial charge in [0, 0.05) is 18.8 Å². The van der Waals surface area contributed by atoms with Crippen LogP contribution in [0.3, 0.4) is 0 Å². The molecule has 0 radical (unpaired) electrons. The van der Waals surface area contributed by atoms with Gasteiger partial charge in [0.05, 0.1) is 5.69 Å². The standard InChI is InChI=1S/C16H26N4O.2ClH/c1-11-8-12(2)20(18-11)13(3)16(21)19-6-4-14-9-17-10-15(14)5-7-19;;/h8,13-15,17H,4-7,9-10H2,1-3H3;2*1H/t13?,14-,15+;;. The highest BCUT2D eigenvalue weighted by Gasteiger charge is 2.33. The van der Waals surface area contributed by atoms with E-state index in [9.17, 15) is 4.79 Å². The molecule has 132 valence electrons. The Balaban J connectivity index is 0.00000132. The highest BCUT2D eigenvalue weighted by molar-refractivity contribution is 5.85. The molecule has 0 spiro atoms. The summed E-state index contributed by atoms with van der Waals surface area (Å²) >= 11 is 0. The van der Waals surface area contributed by atoms with Crippen LogP contribution in [0.15, 0.2) is 6.07 Å². The van der Waals surface area contributed by atoms with Crippen LogP contribution in [-0.2, 0) is 4.79 Å². The van der Waals surface area contributed by atoms with Crippen molar-refractivity contribution in [3.05, 3.63) is 17.5 Å². The van der Waals surface area contributed by atoms with Gasteiger partial charge in [0.15, 0.2) is 0 Å². The first kappa shape index (κ1) is 20.3. The van der Waals surface area contributed by atoms with Crippen molar-refractivity contribution in [2.75, 3.05) is 26.2 Å². The summed E-state index contributed by atoms with van der Waals surface area (Å²) in [5.41, 5.74) is 2.04. The molecule has 7 heteroatoms. The Morgan fingerprint density at radius 3 is 2.26 bits per heavy atom. The molecule has 1 N–H and O–H groups in total. The molecule has 2 aliphatic heterocycles. The van der Waals surface area contributed by atoms with E-state index in [2.05, 4.69) is 15.3 Å². The fraction of sp³-hybridized carbons (Fsp3) is 0.750. The molecule has 2 aliphatic rings. The normalized spacial score (nSPS) is 24.9. The first-order valence-electron chi connectivity index (χ1n) is 8.08. The number of rotatable bonds is 2. The Morgan fingerprint density at radius 1 is 1.22 bits per heavy atom. The lowest BCUT2D eigenvalue weighted by Crippen LogP contribution is -2.38. The van der Waals surface area contributed by atoms with Crippen molar-refractivity contribution in [3.63, 3.8) is 0 Å². The number of hydrogen-bond donors (Lipinski definition) is 1. The largest absolute Gasteiger partial charge is 0.341 e. The quantitative estimate of drug-likeness (QED) is 0.878. The van der Waals surface area contributed by atoms with Gasteiger partial charge in [-0.3, -0.25) is 9.48 Å². The average Bonchev–Trinajstić information content (AvgIpc) is 2.98. The van der Waals surface area contributed by atoms with Gasteiger partial charge in [-0.25, -0.2) is 0 Å². The fourth-order valence-electron chi connectivity index (χ4n) is 3.85. The zero-order chi connectivity index (χ0) is 15.0. The minimum absolute atomic E-state index is 0. The Bertz CT molecular complexity index is 520. The fourth-order valence-corrected chi connectivity index (χ4v) is 3.85. The Kier molecular flexibility index (Phi) is 7.36. The molecular formula is C16H28Cl2N4O. The number of carbonyl (C=O) groups excluding carboxylic acids is 1. The number of hydrogen-bond acceptors (Lipinski definition) is 3. The molecule has 1 amide bonds. The summed E-state index contributed by atoms with van der Waals surface area (Å²) in [4.78, 5) is 14.8. The molecule has 3 rings (SSSR count). The molecule has 0 saturated carbocycles. The highest BCUT2D eigenvalue weighted by atomic mass is 35.5. The van der Waals surface area contributed by atoms with Crippen LogP contribution in [0.4, 0.5) is 0 Å². The zero-order valence-electron chi connectivity index (χ0n) is 14.1. The van der Waals surface area contributed by atoms with Crippen molar-refractivity contribution >= 4 is 30.7 Å². The maximum atomic E-state index is 12.8. The minimum atomic E-state index is -0.199. The van der Waals surface area contributed by atoms with Crippen molar-refractivity contribution in [2.45, 2.75) is 39.7 Å². The van der Waals surface area contributed by atoms with Crippen LogP contribution in [-0.4, -0.2) is 46.8 Å². The van der Waals surface area contributed by atoms with E-state index in [0.29, 0.717) is 0 Å². The van der Waals surface area contributed by atoms with Gasteiger partial charge in [0.1, 0.15) is 6.04 Å². The van der Waals surface area contributed by atoms with Gasteiger partial charge in [-0.2, -0.15) is 5.10 Å². The van der Waals surface area contributed by atoms with E-state index in [0.717, 1.165) is 62.2 Å². The Morgan fingerprint density at radius 2 is 1.78 bits per heavy atom. The smallest absolute Gasteiger partial charge is 0.247 e. The highest BCUT2D eigenvalue weighted by Crippen LogP contribution is 2.28. The van der Waals surface area contributed by atoms with Gasteiger partial charge in [0.2, 0.25) is 5.91 Å². The van der Waals surface area contributed by atoms with Crippen molar-refractivity contribution < 1.29 is 4.79 Å². The third-order valence-corrected chi connectivity index (χ3v) is 5.10. The molecule has 2 saturated heterocycles. The lowest BCUT2D eigenvalue weighted by atomic mass is 9.92. The number of halogens is 2. The maximum absolute atomic E-state index is 12.8. The number of aromatic nitrogens is 2. The van der Waals surface area contributed by atoms with E-state index in [1.807, 2.05) is 31.5 Å². The minimum Gasteiger partial charge on any atom is -0.341 e. The van der Waals surface area contributed by atoms with Gasteiger partial charge in [0.25, 0.3) is 0 Å². The molecule has 2 fully saturated rings. The van der Waals surface area contributed by atoms with Gasteiger partial charge in [-0.15, -0.1) is 24.8 Å². The molecule has 1 aromatic rings. The molecule has 0 aromatic carbocycles. The van der Waals surface area contributed by atoms with Gasteiger partial charge >= 0.3 is 0 Å². The molecule has 0 bridgehead atoms. The van der Waals surface area contributed by atoms with E-state index in [1.54, 1.807) is 0 Å². The van der Waals surface area contributed by atoms with Gasteiger partial charge in [-0.1, -0.05) is 0 Å². The summed E-state index contributed by atoms with van der Waals surface area (Å²) in [6.07, 6.45) is 2.26. The van der Waals surface area contributed by atoms with Crippen molar-refractivity contribution in [1.82, 2.24) is 20.0 Å². The molecule has 3 heterocycles. The Hall–Kier alpha value is -0.780. The van der Waals surface area contributed by atoms with Crippen LogP contribution in [0.25, 0.3) is 0 Å². The first-order valence-corrected chi connectivity index (χ1v) is 8.08. The second-order valence-corrected chi connectivity index (χ2v) is 6.63. The van der Waals surface area contributed by atoms with E-state index in [-0.39, 0.29) is 36.8 Å². The number of fused-ring (bicyclic) bond motifs is 1. The average molecular weight is 363 g/mol. The molecular weight excluding hydrogens is 335 g/mol. The van der Waals surface area contributed by atoms with Crippen LogP contribution in [0, 0.1) is 25.7 Å². The second kappa shape index (κ2) is 8.36. The summed E-state index contributed by atoms with van der Waals surface area (Å²) in [5, 5.41) is 7.94. The van der Waals surface area contributed by atoms with Crippen molar-refractivity contribution in [1.29, 1.82) is 0 Å². The van der Waals surface area contributed by atoms with Crippen LogP contribution in [0.1, 0.15) is 37.2 Å². The number of amides is 1. The number of nitrogens with one attached hydrogen (secondary N) is 1. The molecule has 1 unspecified atom stereocenters. The van der Waals surface area contributed by atoms with E-state index in [4.69, 9.17) is 0 Å². The predicted molar refractivity (Wildman–Crippen MR) is 96.6 cm³/mol. The monoisotopic (exact) mass is 362 g/mol. The zero-order valence-corrected chi connectivity index (χ0v) is 15.8. The lowest BCUT2D eigenvalue weighted by Gasteiger charge is -2.25. The molecule has 23 heavy (non-hydrogen) atoms. The summed E-state index contributed by atoms with van der Waals surface area (Å²) in [5.74, 6) is 1.73. The molecule has 3 atom stereocenters. The van der Waals surface area contributed by atoms with E-state index >= 15 is 0 Å². The predicted octanol–water partition coefficient (Wildman–Crippen LogP) is 2.36. The summed E-state index contributed by atoms with van der Waals surface area (Å²) < 4.78 is 1.87. The second-order valence-electron chi connectivity index (χ2n) is 6.63. The van der Waals surface area contributed by atoms with E-state index in [1.165, 1.54) is 0 Å². The molecule has 5 nitrogen and oxygen atoms in total. The number of carbonyl (C=O) groups is 1. The van der Waals surface area contributed by atoms with Crippen LogP contribution in [0.5, 0.6) is 0 Å². The molecule has 0 aliphatic carbocycles. The number of nitrogens with zero attached hydrogens (tertiary/aromatic N) is 3. The number of likely N-dealkylation sites (tertiary alicyclic amines) is 1. The summed E-state index contributed by atoms with van der Waals surface area (Å²) in [6.45, 7) is 9.99. The van der Waals surface area contributed by atoms with Crippen molar-refractivity contribution in [2.24, 2.45) is 11.8 Å². The molecule has 1 aromatic heterocycles. The van der Waals surface area contributed by atoms with Crippen molar-refractivity contribution in [3.8, 4) is 0 Å². The lowest BCUT2D eigenvalue weighted by molar-refractivity contribution is -0.134. The van der Waals surface area contributed by atoms with Crippen LogP contribution < -0.4 is 5.32 Å². The maximum Gasteiger partial charge on any atom is 0.247 e. The SMILES string of the molecule is Cc1cc(C)n(C(C)C(=O)N2CC[C@@H]3CNC[C@@H]3CC2)n1.Cl.Cl. The van der Waals surface area contributed by atoms with Crippen LogP contribution >= 0.6 is 24.8 Å². The third kappa shape index (κ3) is 4.20. The summed E-state index contributed by atoms with van der Waals surface area (Å²) in [6, 6.07) is 1.83. The van der Waals surface area contributed by atoms with Gasteiger partial charge in [-0.05, 0) is 64.6 Å². The Labute approximate surface area is 151 Å². The number of aryl methyl sites for hydroxylation is 2. The first-order chi connectivity index (χ1) is 10.1. The van der Waals surface area contributed by atoms with Gasteiger partial charge < -0.3 is 10.2 Å². The van der Waals surface area contributed by atoms with E-state index < -0.39 is 0 Å². The third-order valence-electron chi connectivity index (χ3n) is 5.10. The topological polar surface area (TPSA) is 50.2 Å². The summed E-state index contributed by atoms with van der Waals surface area (Å²) in [7, 11) is 0. The van der Waals surface area contributed by atoms with Crippen LogP contribution in [0.2, 0.25) is 0 Å².